The Hall–Kier alpha value is -1.16. The predicted octanol–water partition coefficient (Wildman–Crippen LogP) is 2.42. The number of hydrogen-bond acceptors (Lipinski definition) is 4. The van der Waals surface area contributed by atoms with E-state index >= 15 is 0 Å². The molecule has 0 N–H and O–H groups in total. The van der Waals surface area contributed by atoms with Crippen molar-refractivity contribution in [2.24, 2.45) is 0 Å². The number of rotatable bonds is 5. The van der Waals surface area contributed by atoms with Crippen molar-refractivity contribution in [3.63, 3.8) is 0 Å². The van der Waals surface area contributed by atoms with Gasteiger partial charge in [-0.2, -0.15) is 0 Å². The summed E-state index contributed by atoms with van der Waals surface area (Å²) >= 11 is 1.37. The van der Waals surface area contributed by atoms with Crippen LogP contribution in [0.2, 0.25) is 0 Å². The van der Waals surface area contributed by atoms with Crippen LogP contribution in [0.3, 0.4) is 0 Å². The van der Waals surface area contributed by atoms with Crippen LogP contribution in [-0.4, -0.2) is 21.8 Å². The molecule has 0 spiro atoms. The highest BCUT2D eigenvalue weighted by Gasteiger charge is 2.19. The van der Waals surface area contributed by atoms with Gasteiger partial charge >= 0.3 is 0 Å². The second-order valence-electron chi connectivity index (χ2n) is 3.75. The SMILES string of the molecule is CC(=O)C[C@@H](Sc1ncccc1C)C(C)=O. The Labute approximate surface area is 99.7 Å². The quantitative estimate of drug-likeness (QED) is 0.738. The van der Waals surface area contributed by atoms with Gasteiger partial charge in [0.1, 0.15) is 11.6 Å². The number of Topliss-reactive ketones (excluding diaryl/α,β-unsaturated/α-hetero) is 2. The third-order valence-corrected chi connectivity index (χ3v) is 3.58. The molecule has 3 nitrogen and oxygen atoms in total. The number of pyridine rings is 1. The maximum absolute atomic E-state index is 11.4. The van der Waals surface area contributed by atoms with Crippen LogP contribution in [0.4, 0.5) is 0 Å². The zero-order valence-corrected chi connectivity index (χ0v) is 10.5. The number of carbonyl (C=O) groups is 2. The van der Waals surface area contributed by atoms with Crippen LogP contribution in [0, 0.1) is 6.92 Å². The van der Waals surface area contributed by atoms with Crippen molar-refractivity contribution in [2.45, 2.75) is 37.5 Å². The third kappa shape index (κ3) is 3.77. The zero-order chi connectivity index (χ0) is 12.1. The topological polar surface area (TPSA) is 47.0 Å². The van der Waals surface area contributed by atoms with Gasteiger partial charge in [0.25, 0.3) is 0 Å². The molecule has 0 aliphatic heterocycles. The van der Waals surface area contributed by atoms with Crippen LogP contribution in [0.15, 0.2) is 23.4 Å². The fourth-order valence-electron chi connectivity index (χ4n) is 1.26. The van der Waals surface area contributed by atoms with Gasteiger partial charge in [-0.15, -0.1) is 0 Å². The minimum absolute atomic E-state index is 0.0188. The van der Waals surface area contributed by atoms with Crippen LogP contribution in [-0.2, 0) is 9.59 Å². The Morgan fingerprint density at radius 1 is 1.44 bits per heavy atom. The molecule has 16 heavy (non-hydrogen) atoms. The van der Waals surface area contributed by atoms with Gasteiger partial charge in [-0.05, 0) is 32.4 Å². The smallest absolute Gasteiger partial charge is 0.143 e. The lowest BCUT2D eigenvalue weighted by Crippen LogP contribution is -2.17. The van der Waals surface area contributed by atoms with Gasteiger partial charge in [0.2, 0.25) is 0 Å². The van der Waals surface area contributed by atoms with E-state index in [1.54, 1.807) is 6.20 Å². The van der Waals surface area contributed by atoms with Crippen LogP contribution >= 0.6 is 11.8 Å². The molecule has 0 aromatic carbocycles. The summed E-state index contributed by atoms with van der Waals surface area (Å²) < 4.78 is 0. The summed E-state index contributed by atoms with van der Waals surface area (Å²) in [6, 6.07) is 3.80. The molecule has 0 aliphatic rings. The number of aromatic nitrogens is 1. The van der Waals surface area contributed by atoms with Crippen molar-refractivity contribution in [3.8, 4) is 0 Å². The molecular weight excluding hydrogens is 222 g/mol. The highest BCUT2D eigenvalue weighted by Crippen LogP contribution is 2.26. The first-order chi connectivity index (χ1) is 7.50. The van der Waals surface area contributed by atoms with Crippen LogP contribution in [0.5, 0.6) is 0 Å². The van der Waals surface area contributed by atoms with Gasteiger partial charge in [0.05, 0.1) is 10.3 Å². The lowest BCUT2D eigenvalue weighted by Gasteiger charge is -2.12. The molecule has 1 atom stereocenters. The van der Waals surface area contributed by atoms with E-state index in [1.807, 2.05) is 19.1 Å². The lowest BCUT2D eigenvalue weighted by atomic mass is 10.2. The molecule has 1 aromatic heterocycles. The van der Waals surface area contributed by atoms with Crippen LogP contribution < -0.4 is 0 Å². The summed E-state index contributed by atoms with van der Waals surface area (Å²) in [7, 11) is 0. The second-order valence-corrected chi connectivity index (χ2v) is 4.94. The van der Waals surface area contributed by atoms with Crippen molar-refractivity contribution < 1.29 is 9.59 Å². The maximum Gasteiger partial charge on any atom is 0.143 e. The number of carbonyl (C=O) groups excluding carboxylic acids is 2. The molecule has 0 unspecified atom stereocenters. The Bertz CT molecular complexity index is 404. The molecule has 0 saturated heterocycles. The average Bonchev–Trinajstić information content (AvgIpc) is 2.19. The first kappa shape index (κ1) is 12.9. The van der Waals surface area contributed by atoms with Crippen molar-refractivity contribution in [1.82, 2.24) is 4.98 Å². The molecule has 1 rings (SSSR count). The first-order valence-corrected chi connectivity index (χ1v) is 5.97. The van der Waals surface area contributed by atoms with Gasteiger partial charge in [0, 0.05) is 12.6 Å². The number of nitrogens with zero attached hydrogens (tertiary/aromatic N) is 1. The Morgan fingerprint density at radius 2 is 2.12 bits per heavy atom. The number of aryl methyl sites for hydroxylation is 1. The number of hydrogen-bond donors (Lipinski definition) is 0. The molecule has 0 radical (unpaired) electrons. The van der Waals surface area contributed by atoms with E-state index in [-0.39, 0.29) is 23.2 Å². The summed E-state index contributed by atoms with van der Waals surface area (Å²) in [5, 5.41) is 0.509. The first-order valence-electron chi connectivity index (χ1n) is 5.09. The van der Waals surface area contributed by atoms with E-state index in [2.05, 4.69) is 4.98 Å². The van der Waals surface area contributed by atoms with E-state index in [0.29, 0.717) is 0 Å². The highest BCUT2D eigenvalue weighted by atomic mass is 32.2. The summed E-state index contributed by atoms with van der Waals surface area (Å²) in [4.78, 5) is 26.6. The molecule has 86 valence electrons. The molecule has 0 fully saturated rings. The third-order valence-electron chi connectivity index (χ3n) is 2.14. The fraction of sp³-hybridized carbons (Fsp3) is 0.417. The van der Waals surface area contributed by atoms with E-state index in [1.165, 1.54) is 25.6 Å². The van der Waals surface area contributed by atoms with Crippen molar-refractivity contribution in [1.29, 1.82) is 0 Å². The molecule has 1 heterocycles. The highest BCUT2D eigenvalue weighted by molar-refractivity contribution is 8.00. The minimum Gasteiger partial charge on any atom is -0.300 e. The molecule has 1 aromatic rings. The lowest BCUT2D eigenvalue weighted by molar-refractivity contribution is -0.121. The van der Waals surface area contributed by atoms with Gasteiger partial charge in [0.15, 0.2) is 0 Å². The summed E-state index contributed by atoms with van der Waals surface area (Å²) in [6.45, 7) is 4.96. The van der Waals surface area contributed by atoms with E-state index < -0.39 is 0 Å². The summed E-state index contributed by atoms with van der Waals surface area (Å²) in [6.07, 6.45) is 1.97. The standard InChI is InChI=1S/C12H15NO2S/c1-8-5-4-6-13-12(8)16-11(10(3)15)7-9(2)14/h4-6,11H,7H2,1-3H3/t11-/m1/s1. The molecule has 0 aliphatic carbocycles. The Kier molecular flexibility index (Phi) is 4.68. The van der Waals surface area contributed by atoms with Gasteiger partial charge in [-0.25, -0.2) is 4.98 Å². The maximum atomic E-state index is 11.4. The molecular formula is C12H15NO2S. The molecule has 0 amide bonds. The van der Waals surface area contributed by atoms with E-state index in [9.17, 15) is 9.59 Å². The average molecular weight is 237 g/mol. The van der Waals surface area contributed by atoms with Crippen molar-refractivity contribution >= 4 is 23.3 Å². The van der Waals surface area contributed by atoms with E-state index in [0.717, 1.165) is 10.6 Å². The second kappa shape index (κ2) is 5.80. The minimum atomic E-state index is -0.314. The van der Waals surface area contributed by atoms with Crippen LogP contribution in [0.25, 0.3) is 0 Å². The van der Waals surface area contributed by atoms with Gasteiger partial charge in [-0.3, -0.25) is 9.59 Å². The zero-order valence-electron chi connectivity index (χ0n) is 9.69. The molecule has 0 saturated carbocycles. The number of ketones is 2. The van der Waals surface area contributed by atoms with Gasteiger partial charge in [-0.1, -0.05) is 17.8 Å². The normalized spacial score (nSPS) is 12.2. The van der Waals surface area contributed by atoms with Crippen molar-refractivity contribution in [3.05, 3.63) is 23.9 Å². The summed E-state index contributed by atoms with van der Waals surface area (Å²) in [5.41, 5.74) is 1.03. The summed E-state index contributed by atoms with van der Waals surface area (Å²) in [5.74, 6) is 0.0477. The molecule has 0 bridgehead atoms. The van der Waals surface area contributed by atoms with Gasteiger partial charge < -0.3 is 0 Å². The monoisotopic (exact) mass is 237 g/mol. The van der Waals surface area contributed by atoms with Crippen molar-refractivity contribution in [2.75, 3.05) is 0 Å². The fourth-order valence-corrected chi connectivity index (χ4v) is 2.39. The Morgan fingerprint density at radius 3 is 2.62 bits per heavy atom. The van der Waals surface area contributed by atoms with E-state index in [4.69, 9.17) is 0 Å². The van der Waals surface area contributed by atoms with Crippen LogP contribution in [0.1, 0.15) is 25.8 Å². The molecule has 4 heteroatoms. The largest absolute Gasteiger partial charge is 0.300 e. The number of thioether (sulfide) groups is 1. The predicted molar refractivity (Wildman–Crippen MR) is 64.6 cm³/mol. The Balaban J connectivity index is 2.80.